The van der Waals surface area contributed by atoms with E-state index in [1.165, 1.54) is 16.7 Å². The van der Waals surface area contributed by atoms with Gasteiger partial charge in [0.2, 0.25) is 11.8 Å². The number of likely N-dealkylation sites (tertiary alicyclic amines) is 1. The Hall–Kier alpha value is -0.710. The van der Waals surface area contributed by atoms with Crippen LogP contribution in [0.2, 0.25) is 0 Å². The molecule has 21 heavy (non-hydrogen) atoms. The predicted octanol–water partition coefficient (Wildman–Crippen LogP) is 1.40. The maximum atomic E-state index is 12.2. The average molecular weight is 305 g/mol. The Balaban J connectivity index is 2.41. The van der Waals surface area contributed by atoms with Crippen molar-refractivity contribution in [3.63, 3.8) is 0 Å². The summed E-state index contributed by atoms with van der Waals surface area (Å²) < 4.78 is -0.488. The molecule has 7 heteroatoms. The van der Waals surface area contributed by atoms with Crippen molar-refractivity contribution in [2.45, 2.75) is 62.3 Å². The molecule has 112 valence electrons. The second-order valence-corrected chi connectivity index (χ2v) is 7.37. The average Bonchev–Trinajstić information content (AvgIpc) is 2.64. The maximum absolute atomic E-state index is 12.2. The van der Waals surface area contributed by atoms with E-state index in [-0.39, 0.29) is 29.2 Å². The summed E-state index contributed by atoms with van der Waals surface area (Å²) in [6, 6.07) is 0. The molecular formula is C14H21B2NO3S. The Morgan fingerprint density at radius 1 is 1.38 bits per heavy atom. The fraction of sp³-hybridized carbons (Fsp3) is 0.786. The molecule has 2 unspecified atom stereocenters. The molecule has 1 aliphatic heterocycles. The van der Waals surface area contributed by atoms with E-state index >= 15 is 0 Å². The molecule has 2 atom stereocenters. The van der Waals surface area contributed by atoms with Gasteiger partial charge >= 0.3 is 0 Å². The van der Waals surface area contributed by atoms with Crippen LogP contribution in [-0.2, 0) is 14.4 Å². The first-order valence-electron chi connectivity index (χ1n) is 7.36. The second-order valence-electron chi connectivity index (χ2n) is 5.64. The van der Waals surface area contributed by atoms with Crippen LogP contribution < -0.4 is 0 Å². The van der Waals surface area contributed by atoms with Gasteiger partial charge in [-0.05, 0) is 30.3 Å². The molecule has 0 bridgehead atoms. The Labute approximate surface area is 133 Å². The summed E-state index contributed by atoms with van der Waals surface area (Å²) in [5.41, 5.74) is -0.318. The number of hydrogen-bond donors (Lipinski definition) is 0. The molecule has 2 amide bonds. The minimum Gasteiger partial charge on any atom is -0.313 e. The molecule has 1 heterocycles. The fourth-order valence-corrected chi connectivity index (χ4v) is 3.40. The van der Waals surface area contributed by atoms with Gasteiger partial charge in [0.15, 0.2) is 7.85 Å². The third-order valence-electron chi connectivity index (χ3n) is 3.62. The van der Waals surface area contributed by atoms with Gasteiger partial charge in [-0.15, -0.1) is 0 Å². The van der Waals surface area contributed by atoms with Gasteiger partial charge < -0.3 is 4.79 Å². The van der Waals surface area contributed by atoms with Gasteiger partial charge in [0.1, 0.15) is 0 Å². The van der Waals surface area contributed by atoms with Crippen molar-refractivity contribution in [1.29, 1.82) is 0 Å². The van der Waals surface area contributed by atoms with E-state index < -0.39 is 4.65 Å². The molecule has 0 aliphatic carbocycles. The zero-order valence-electron chi connectivity index (χ0n) is 12.8. The quantitative estimate of drug-likeness (QED) is 0.367. The normalized spacial score (nSPS) is 21.6. The van der Waals surface area contributed by atoms with Crippen LogP contribution >= 0.6 is 11.8 Å². The summed E-state index contributed by atoms with van der Waals surface area (Å²) >= 11 is 1.38. The van der Waals surface area contributed by atoms with E-state index in [1.54, 1.807) is 0 Å². The van der Waals surface area contributed by atoms with Crippen molar-refractivity contribution < 1.29 is 14.4 Å². The van der Waals surface area contributed by atoms with Gasteiger partial charge in [-0.1, -0.05) is 20.3 Å². The number of carbonyl (C=O) groups is 3. The predicted molar refractivity (Wildman–Crippen MR) is 86.4 cm³/mol. The third kappa shape index (κ3) is 5.89. The first-order chi connectivity index (χ1) is 9.76. The Morgan fingerprint density at radius 3 is 2.62 bits per heavy atom. The molecule has 4 radical (unpaired) electrons. The lowest BCUT2D eigenvalue weighted by Crippen LogP contribution is -2.34. The zero-order valence-corrected chi connectivity index (χ0v) is 13.6. The summed E-state index contributed by atoms with van der Waals surface area (Å²) in [7, 11) is 11.1. The number of carbonyl (C=O) groups excluding carboxylic acids is 3. The van der Waals surface area contributed by atoms with E-state index in [0.29, 0.717) is 25.8 Å². The van der Waals surface area contributed by atoms with E-state index in [4.69, 9.17) is 15.7 Å². The highest BCUT2D eigenvalue weighted by Gasteiger charge is 2.40. The molecule has 0 spiro atoms. The van der Waals surface area contributed by atoms with E-state index in [2.05, 4.69) is 0 Å². The summed E-state index contributed by atoms with van der Waals surface area (Å²) in [5.74, 6) is -0.260. The van der Waals surface area contributed by atoms with Crippen molar-refractivity contribution >= 4 is 45.0 Å². The summed E-state index contributed by atoms with van der Waals surface area (Å²) in [5, 5.41) is -0.363. The van der Waals surface area contributed by atoms with Crippen LogP contribution in [0.3, 0.4) is 0 Å². The summed E-state index contributed by atoms with van der Waals surface area (Å²) in [6.07, 6.45) is 3.50. The highest BCUT2D eigenvalue weighted by atomic mass is 32.2. The second kappa shape index (κ2) is 8.06. The molecule has 0 aromatic heterocycles. The summed E-state index contributed by atoms with van der Waals surface area (Å²) in [4.78, 5) is 36.1. The minimum atomic E-state index is -0.488. The Bertz CT molecular complexity index is 415. The zero-order chi connectivity index (χ0) is 16.0. The van der Waals surface area contributed by atoms with Gasteiger partial charge in [0.05, 0.1) is 18.8 Å². The van der Waals surface area contributed by atoms with Crippen LogP contribution in [0.1, 0.15) is 52.4 Å². The van der Waals surface area contributed by atoms with Crippen LogP contribution in [0.4, 0.5) is 0 Å². The molecule has 4 nitrogen and oxygen atoms in total. The van der Waals surface area contributed by atoms with Crippen molar-refractivity contribution in [2.75, 3.05) is 6.54 Å². The van der Waals surface area contributed by atoms with Crippen LogP contribution in [-0.4, -0.2) is 54.5 Å². The number of thioether (sulfide) groups is 1. The molecule has 1 rings (SSSR count). The monoisotopic (exact) mass is 305 g/mol. The lowest BCUT2D eigenvalue weighted by molar-refractivity contribution is -0.138. The molecule has 0 aromatic carbocycles. The van der Waals surface area contributed by atoms with Crippen LogP contribution in [0, 0.1) is 0 Å². The van der Waals surface area contributed by atoms with Crippen molar-refractivity contribution in [3.8, 4) is 0 Å². The van der Waals surface area contributed by atoms with E-state index in [9.17, 15) is 14.4 Å². The van der Waals surface area contributed by atoms with Crippen LogP contribution in [0.15, 0.2) is 0 Å². The molecular weight excluding hydrogens is 284 g/mol. The minimum absolute atomic E-state index is 0.126. The number of nitrogens with zero attached hydrogens (tertiary/aromatic N) is 1. The van der Waals surface area contributed by atoms with Gasteiger partial charge in [-0.25, -0.2) is 0 Å². The molecule has 0 N–H and O–H groups in total. The van der Waals surface area contributed by atoms with Crippen molar-refractivity contribution in [3.05, 3.63) is 0 Å². The largest absolute Gasteiger partial charge is 0.313 e. The number of rotatable bonds is 9. The van der Waals surface area contributed by atoms with Crippen LogP contribution in [0.5, 0.6) is 0 Å². The number of amides is 2. The van der Waals surface area contributed by atoms with Gasteiger partial charge in [-0.3, -0.25) is 14.5 Å². The number of unbranched alkanes of at least 4 members (excludes halogenated alkanes) is 2. The number of imide groups is 1. The Morgan fingerprint density at radius 2 is 2.05 bits per heavy atom. The third-order valence-corrected chi connectivity index (χ3v) is 5.10. The summed E-state index contributed by atoms with van der Waals surface area (Å²) in [6.45, 7) is 4.26. The highest BCUT2D eigenvalue weighted by Crippen LogP contribution is 2.35. The highest BCUT2D eigenvalue weighted by molar-refractivity contribution is 8.03. The lowest BCUT2D eigenvalue weighted by Gasteiger charge is -2.25. The van der Waals surface area contributed by atoms with E-state index in [0.717, 1.165) is 12.8 Å². The van der Waals surface area contributed by atoms with Crippen LogP contribution in [0.25, 0.3) is 0 Å². The Kier molecular flexibility index (Phi) is 7.04. The van der Waals surface area contributed by atoms with Gasteiger partial charge in [0.25, 0.3) is 0 Å². The number of hydrogen-bond acceptors (Lipinski definition) is 4. The standard InChI is InChI=1S/C14H21B2NO3S/c1-3-14(2,16)21-10-9-12(19)17(13(10)20)8-6-4-5-7-11(15)18/h10H,3-9H2,1-2H3. The molecule has 1 fully saturated rings. The fourth-order valence-electron chi connectivity index (χ4n) is 2.13. The molecule has 0 saturated carbocycles. The maximum Gasteiger partial charge on any atom is 0.242 e. The molecule has 1 saturated heterocycles. The van der Waals surface area contributed by atoms with Crippen molar-refractivity contribution in [2.24, 2.45) is 0 Å². The van der Waals surface area contributed by atoms with Gasteiger partial charge in [0, 0.05) is 13.0 Å². The van der Waals surface area contributed by atoms with Crippen molar-refractivity contribution in [1.82, 2.24) is 4.90 Å². The molecule has 0 aromatic rings. The first kappa shape index (κ1) is 18.3. The first-order valence-corrected chi connectivity index (χ1v) is 8.24. The van der Waals surface area contributed by atoms with E-state index in [1.807, 2.05) is 13.8 Å². The molecule has 1 aliphatic rings. The lowest BCUT2D eigenvalue weighted by atomic mass is 9.86. The smallest absolute Gasteiger partial charge is 0.242 e. The SMILES string of the molecule is [B]C(=O)CCCCCN1C(=O)CC(SC([B])(C)CC)C1=O. The topological polar surface area (TPSA) is 54.5 Å². The van der Waals surface area contributed by atoms with Gasteiger partial charge in [-0.2, -0.15) is 11.8 Å².